The van der Waals surface area contributed by atoms with Gasteiger partial charge in [0, 0.05) is 5.56 Å². The molecule has 3 aromatic rings. The summed E-state index contributed by atoms with van der Waals surface area (Å²) in [5, 5.41) is 4.84. The zero-order valence-corrected chi connectivity index (χ0v) is 14.8. The standard InChI is InChI=1S/C19H15ClFN3O2/c1-2-26-19(25)17-14-9-3-11-4-10-15(20)22-16(11)18(14)24(23-17)13-7-5-12(21)6-8-13/h4-8,10H,2-3,9H2,1H3. The molecule has 1 aromatic carbocycles. The first-order valence-electron chi connectivity index (χ1n) is 8.29. The van der Waals surface area contributed by atoms with Gasteiger partial charge in [0.1, 0.15) is 11.0 Å². The lowest BCUT2D eigenvalue weighted by Crippen LogP contribution is -2.11. The number of hydrogen-bond acceptors (Lipinski definition) is 4. The molecular weight excluding hydrogens is 357 g/mol. The molecule has 0 saturated carbocycles. The van der Waals surface area contributed by atoms with Crippen LogP contribution in [0.15, 0.2) is 36.4 Å². The Kier molecular flexibility index (Phi) is 4.20. The molecule has 0 bridgehead atoms. The third-order valence-corrected chi connectivity index (χ3v) is 4.55. The SMILES string of the molecule is CCOC(=O)c1nn(-c2ccc(F)cc2)c2c1CCc1ccc(Cl)nc1-2. The van der Waals surface area contributed by atoms with Crippen molar-refractivity contribution in [1.29, 1.82) is 0 Å². The van der Waals surface area contributed by atoms with E-state index in [1.807, 2.05) is 6.07 Å². The van der Waals surface area contributed by atoms with Crippen LogP contribution < -0.4 is 0 Å². The number of fused-ring (bicyclic) bond motifs is 3. The van der Waals surface area contributed by atoms with Crippen LogP contribution >= 0.6 is 11.6 Å². The average Bonchev–Trinajstić information content (AvgIpc) is 3.03. The van der Waals surface area contributed by atoms with E-state index in [9.17, 15) is 9.18 Å². The van der Waals surface area contributed by atoms with E-state index in [0.717, 1.165) is 17.5 Å². The van der Waals surface area contributed by atoms with Gasteiger partial charge in [0.2, 0.25) is 0 Å². The molecule has 26 heavy (non-hydrogen) atoms. The fourth-order valence-electron chi connectivity index (χ4n) is 3.19. The van der Waals surface area contributed by atoms with Crippen LogP contribution in [0.5, 0.6) is 0 Å². The third kappa shape index (κ3) is 2.76. The van der Waals surface area contributed by atoms with Crippen LogP contribution in [-0.2, 0) is 17.6 Å². The van der Waals surface area contributed by atoms with Gasteiger partial charge in [-0.1, -0.05) is 17.7 Å². The first-order valence-corrected chi connectivity index (χ1v) is 8.67. The number of pyridine rings is 1. The topological polar surface area (TPSA) is 57.0 Å². The van der Waals surface area contributed by atoms with Crippen LogP contribution in [0.3, 0.4) is 0 Å². The van der Waals surface area contributed by atoms with Gasteiger partial charge in [0.25, 0.3) is 0 Å². The summed E-state index contributed by atoms with van der Waals surface area (Å²) in [5.41, 5.74) is 4.08. The minimum Gasteiger partial charge on any atom is -0.461 e. The van der Waals surface area contributed by atoms with Crippen molar-refractivity contribution in [2.24, 2.45) is 0 Å². The van der Waals surface area contributed by atoms with Crippen molar-refractivity contribution in [3.05, 3.63) is 64.2 Å². The Labute approximate surface area is 154 Å². The molecule has 1 aliphatic carbocycles. The maximum Gasteiger partial charge on any atom is 0.359 e. The molecule has 0 unspecified atom stereocenters. The van der Waals surface area contributed by atoms with Crippen molar-refractivity contribution >= 4 is 17.6 Å². The van der Waals surface area contributed by atoms with E-state index in [0.29, 0.717) is 28.6 Å². The van der Waals surface area contributed by atoms with Crippen molar-refractivity contribution in [2.45, 2.75) is 19.8 Å². The number of aryl methyl sites for hydroxylation is 1. The summed E-state index contributed by atoms with van der Waals surface area (Å²) in [4.78, 5) is 16.8. The molecule has 0 saturated heterocycles. The lowest BCUT2D eigenvalue weighted by molar-refractivity contribution is 0.0517. The molecule has 0 aliphatic heterocycles. The van der Waals surface area contributed by atoms with Crippen LogP contribution in [0.1, 0.15) is 28.5 Å². The van der Waals surface area contributed by atoms with E-state index in [1.54, 1.807) is 29.8 Å². The third-order valence-electron chi connectivity index (χ3n) is 4.34. The second-order valence-electron chi connectivity index (χ2n) is 5.93. The predicted molar refractivity (Wildman–Crippen MR) is 95.1 cm³/mol. The Hall–Kier alpha value is -2.73. The summed E-state index contributed by atoms with van der Waals surface area (Å²) in [5.74, 6) is -0.822. The average molecular weight is 372 g/mol. The van der Waals surface area contributed by atoms with E-state index in [2.05, 4.69) is 10.1 Å². The smallest absolute Gasteiger partial charge is 0.359 e. The van der Waals surface area contributed by atoms with E-state index in [-0.39, 0.29) is 18.1 Å². The molecule has 0 amide bonds. The summed E-state index contributed by atoms with van der Waals surface area (Å²) in [7, 11) is 0. The highest BCUT2D eigenvalue weighted by Gasteiger charge is 2.30. The normalized spacial score (nSPS) is 12.4. The maximum atomic E-state index is 13.3. The fraction of sp³-hybridized carbons (Fsp3) is 0.211. The number of esters is 1. The highest BCUT2D eigenvalue weighted by atomic mass is 35.5. The summed E-state index contributed by atoms with van der Waals surface area (Å²) in [6.07, 6.45) is 1.37. The Bertz CT molecular complexity index is 999. The molecular formula is C19H15ClFN3O2. The first kappa shape index (κ1) is 16.7. The molecule has 0 fully saturated rings. The number of nitrogens with zero attached hydrogens (tertiary/aromatic N) is 3. The summed E-state index contributed by atoms with van der Waals surface area (Å²) >= 11 is 6.10. The minimum absolute atomic E-state index is 0.262. The zero-order valence-electron chi connectivity index (χ0n) is 14.0. The van der Waals surface area contributed by atoms with Gasteiger partial charge in [-0.25, -0.2) is 18.9 Å². The van der Waals surface area contributed by atoms with Crippen molar-refractivity contribution < 1.29 is 13.9 Å². The number of carbonyl (C=O) groups is 1. The van der Waals surface area contributed by atoms with E-state index >= 15 is 0 Å². The van der Waals surface area contributed by atoms with Crippen molar-refractivity contribution in [3.63, 3.8) is 0 Å². The molecule has 0 N–H and O–H groups in total. The summed E-state index contributed by atoms with van der Waals surface area (Å²) in [6.45, 7) is 2.01. The van der Waals surface area contributed by atoms with Crippen LogP contribution in [0.4, 0.5) is 4.39 Å². The number of aromatic nitrogens is 3. The van der Waals surface area contributed by atoms with Crippen LogP contribution in [0.2, 0.25) is 5.15 Å². The van der Waals surface area contributed by atoms with E-state index < -0.39 is 5.97 Å². The monoisotopic (exact) mass is 371 g/mol. The molecule has 4 rings (SSSR count). The lowest BCUT2D eigenvalue weighted by Gasteiger charge is -2.18. The minimum atomic E-state index is -0.477. The number of carbonyl (C=O) groups excluding carboxylic acids is 1. The van der Waals surface area contributed by atoms with Crippen molar-refractivity contribution in [1.82, 2.24) is 14.8 Å². The Balaban J connectivity index is 1.97. The largest absolute Gasteiger partial charge is 0.461 e. The van der Waals surface area contributed by atoms with Gasteiger partial charge in [-0.3, -0.25) is 0 Å². The number of benzene rings is 1. The zero-order chi connectivity index (χ0) is 18.3. The highest BCUT2D eigenvalue weighted by Crippen LogP contribution is 2.36. The predicted octanol–water partition coefficient (Wildman–Crippen LogP) is 4.00. The number of hydrogen-bond donors (Lipinski definition) is 0. The fourth-order valence-corrected chi connectivity index (χ4v) is 3.34. The molecule has 132 valence electrons. The van der Waals surface area contributed by atoms with Crippen LogP contribution in [0.25, 0.3) is 17.1 Å². The second kappa shape index (κ2) is 6.53. The Morgan fingerprint density at radius 2 is 2.00 bits per heavy atom. The molecule has 0 radical (unpaired) electrons. The molecule has 5 nitrogen and oxygen atoms in total. The summed E-state index contributed by atoms with van der Waals surface area (Å²) < 4.78 is 20.1. The highest BCUT2D eigenvalue weighted by molar-refractivity contribution is 6.29. The van der Waals surface area contributed by atoms with Gasteiger partial charge in [-0.05, 0) is 55.7 Å². The Morgan fingerprint density at radius 1 is 1.23 bits per heavy atom. The van der Waals surface area contributed by atoms with Gasteiger partial charge in [0.15, 0.2) is 5.69 Å². The van der Waals surface area contributed by atoms with Gasteiger partial charge >= 0.3 is 5.97 Å². The van der Waals surface area contributed by atoms with Gasteiger partial charge in [0.05, 0.1) is 23.7 Å². The van der Waals surface area contributed by atoms with E-state index in [4.69, 9.17) is 16.3 Å². The molecule has 0 atom stereocenters. The van der Waals surface area contributed by atoms with Crippen LogP contribution in [0, 0.1) is 5.82 Å². The van der Waals surface area contributed by atoms with Crippen molar-refractivity contribution in [3.8, 4) is 17.1 Å². The van der Waals surface area contributed by atoms with Gasteiger partial charge in [-0.2, -0.15) is 5.10 Å². The van der Waals surface area contributed by atoms with Gasteiger partial charge < -0.3 is 4.74 Å². The second-order valence-corrected chi connectivity index (χ2v) is 6.31. The number of rotatable bonds is 3. The molecule has 2 aromatic heterocycles. The number of ether oxygens (including phenoxy) is 1. The lowest BCUT2D eigenvalue weighted by atomic mass is 9.92. The van der Waals surface area contributed by atoms with E-state index in [1.165, 1.54) is 12.1 Å². The molecule has 7 heteroatoms. The first-order chi connectivity index (χ1) is 12.6. The van der Waals surface area contributed by atoms with Gasteiger partial charge in [-0.15, -0.1) is 0 Å². The Morgan fingerprint density at radius 3 is 2.73 bits per heavy atom. The number of halogens is 2. The summed E-state index contributed by atoms with van der Waals surface area (Å²) in [6, 6.07) is 9.59. The molecule has 0 spiro atoms. The molecule has 2 heterocycles. The van der Waals surface area contributed by atoms with Crippen molar-refractivity contribution in [2.75, 3.05) is 6.61 Å². The van der Waals surface area contributed by atoms with Crippen LogP contribution in [-0.4, -0.2) is 27.3 Å². The molecule has 1 aliphatic rings. The maximum absolute atomic E-state index is 13.3. The quantitative estimate of drug-likeness (QED) is 0.515.